The van der Waals surface area contributed by atoms with Gasteiger partial charge in [0.05, 0.1) is 16.8 Å². The Bertz CT molecular complexity index is 995. The van der Waals surface area contributed by atoms with Crippen molar-refractivity contribution in [1.82, 2.24) is 9.78 Å². The SMILES string of the molecule is Cc1ccc(F)c(NC(=O)Cn2nc(C)c3ccccc3c2=O)c1. The van der Waals surface area contributed by atoms with Gasteiger partial charge in [0.2, 0.25) is 5.91 Å². The lowest BCUT2D eigenvalue weighted by molar-refractivity contribution is -0.117. The predicted molar refractivity (Wildman–Crippen MR) is 90.5 cm³/mol. The summed E-state index contributed by atoms with van der Waals surface area (Å²) in [6, 6.07) is 11.5. The number of hydrogen-bond donors (Lipinski definition) is 1. The van der Waals surface area contributed by atoms with E-state index in [1.54, 1.807) is 32.0 Å². The van der Waals surface area contributed by atoms with E-state index in [4.69, 9.17) is 0 Å². The quantitative estimate of drug-likeness (QED) is 0.805. The van der Waals surface area contributed by atoms with E-state index in [2.05, 4.69) is 10.4 Å². The van der Waals surface area contributed by atoms with Gasteiger partial charge in [-0.05, 0) is 37.6 Å². The molecule has 3 rings (SSSR count). The molecule has 0 saturated carbocycles. The molecule has 2 aromatic carbocycles. The highest BCUT2D eigenvalue weighted by atomic mass is 19.1. The Morgan fingerprint density at radius 1 is 1.17 bits per heavy atom. The summed E-state index contributed by atoms with van der Waals surface area (Å²) >= 11 is 0. The van der Waals surface area contributed by atoms with Crippen molar-refractivity contribution in [2.45, 2.75) is 20.4 Å². The van der Waals surface area contributed by atoms with Crippen molar-refractivity contribution in [1.29, 1.82) is 0 Å². The number of aryl methyl sites for hydroxylation is 2. The van der Waals surface area contributed by atoms with Crippen LogP contribution in [0.15, 0.2) is 47.3 Å². The van der Waals surface area contributed by atoms with Crippen LogP contribution >= 0.6 is 0 Å². The molecule has 24 heavy (non-hydrogen) atoms. The monoisotopic (exact) mass is 325 g/mol. The molecular weight excluding hydrogens is 309 g/mol. The highest BCUT2D eigenvalue weighted by molar-refractivity contribution is 5.91. The van der Waals surface area contributed by atoms with Crippen molar-refractivity contribution in [2.24, 2.45) is 0 Å². The number of nitrogens with one attached hydrogen (secondary N) is 1. The third kappa shape index (κ3) is 3.03. The van der Waals surface area contributed by atoms with Gasteiger partial charge >= 0.3 is 0 Å². The van der Waals surface area contributed by atoms with E-state index in [1.165, 1.54) is 12.1 Å². The second kappa shape index (κ2) is 6.23. The van der Waals surface area contributed by atoms with Crippen molar-refractivity contribution < 1.29 is 9.18 Å². The molecule has 1 aromatic heterocycles. The van der Waals surface area contributed by atoms with Gasteiger partial charge in [-0.2, -0.15) is 5.10 Å². The average Bonchev–Trinajstić information content (AvgIpc) is 2.56. The minimum Gasteiger partial charge on any atom is -0.322 e. The van der Waals surface area contributed by atoms with E-state index in [0.29, 0.717) is 11.1 Å². The van der Waals surface area contributed by atoms with Crippen LogP contribution in [0.4, 0.5) is 10.1 Å². The molecule has 3 aromatic rings. The zero-order valence-electron chi connectivity index (χ0n) is 13.3. The van der Waals surface area contributed by atoms with Crippen LogP contribution in [0.3, 0.4) is 0 Å². The molecule has 0 aliphatic rings. The molecule has 0 atom stereocenters. The molecule has 0 saturated heterocycles. The van der Waals surface area contributed by atoms with Gasteiger partial charge in [0.1, 0.15) is 12.4 Å². The summed E-state index contributed by atoms with van der Waals surface area (Å²) in [6.07, 6.45) is 0. The van der Waals surface area contributed by atoms with E-state index in [1.807, 2.05) is 12.1 Å². The van der Waals surface area contributed by atoms with Crippen molar-refractivity contribution >= 4 is 22.4 Å². The highest BCUT2D eigenvalue weighted by Gasteiger charge is 2.12. The number of halogens is 1. The minimum absolute atomic E-state index is 0.0885. The molecule has 0 fully saturated rings. The fourth-order valence-corrected chi connectivity index (χ4v) is 2.57. The number of carbonyl (C=O) groups is 1. The molecule has 5 nitrogen and oxygen atoms in total. The molecular formula is C18H16FN3O2. The largest absolute Gasteiger partial charge is 0.322 e. The van der Waals surface area contributed by atoms with Crippen LogP contribution < -0.4 is 10.9 Å². The molecule has 0 aliphatic carbocycles. The fourth-order valence-electron chi connectivity index (χ4n) is 2.57. The zero-order valence-corrected chi connectivity index (χ0v) is 13.3. The van der Waals surface area contributed by atoms with Crippen LogP contribution in [-0.2, 0) is 11.3 Å². The van der Waals surface area contributed by atoms with Gasteiger partial charge < -0.3 is 5.32 Å². The lowest BCUT2D eigenvalue weighted by atomic mass is 10.1. The van der Waals surface area contributed by atoms with E-state index in [-0.39, 0.29) is 17.8 Å². The summed E-state index contributed by atoms with van der Waals surface area (Å²) in [4.78, 5) is 24.6. The van der Waals surface area contributed by atoms with Crippen LogP contribution in [0.25, 0.3) is 10.8 Å². The van der Waals surface area contributed by atoms with Gasteiger partial charge in [-0.3, -0.25) is 9.59 Å². The first-order chi connectivity index (χ1) is 11.5. The summed E-state index contributed by atoms with van der Waals surface area (Å²) in [5.74, 6) is -1.03. The minimum atomic E-state index is -0.524. The molecule has 1 amide bonds. The molecule has 1 heterocycles. The predicted octanol–water partition coefficient (Wildman–Crippen LogP) is 2.79. The van der Waals surface area contributed by atoms with E-state index >= 15 is 0 Å². The van der Waals surface area contributed by atoms with Gasteiger partial charge in [0.15, 0.2) is 0 Å². The number of carbonyl (C=O) groups excluding carboxylic acids is 1. The van der Waals surface area contributed by atoms with Crippen LogP contribution in [0.1, 0.15) is 11.3 Å². The Kier molecular flexibility index (Phi) is 4.12. The van der Waals surface area contributed by atoms with Crippen LogP contribution in [0, 0.1) is 19.7 Å². The third-order valence-corrected chi connectivity index (χ3v) is 3.74. The Morgan fingerprint density at radius 2 is 1.88 bits per heavy atom. The molecule has 0 unspecified atom stereocenters. The maximum absolute atomic E-state index is 13.7. The first-order valence-electron chi connectivity index (χ1n) is 7.48. The molecule has 6 heteroatoms. The lowest BCUT2D eigenvalue weighted by Crippen LogP contribution is -2.30. The van der Waals surface area contributed by atoms with Crippen LogP contribution in [0.5, 0.6) is 0 Å². The van der Waals surface area contributed by atoms with Crippen molar-refractivity contribution in [3.05, 3.63) is 69.9 Å². The van der Waals surface area contributed by atoms with Gasteiger partial charge in [-0.25, -0.2) is 9.07 Å². The Hall–Kier alpha value is -3.02. The molecule has 0 bridgehead atoms. The average molecular weight is 325 g/mol. The number of fused-ring (bicyclic) bond motifs is 1. The first kappa shape index (κ1) is 15.9. The van der Waals surface area contributed by atoms with Crippen molar-refractivity contribution in [2.75, 3.05) is 5.32 Å². The number of amides is 1. The van der Waals surface area contributed by atoms with Gasteiger partial charge in [0, 0.05) is 5.39 Å². The normalized spacial score (nSPS) is 10.8. The molecule has 122 valence electrons. The molecule has 0 aliphatic heterocycles. The Balaban J connectivity index is 1.90. The summed E-state index contributed by atoms with van der Waals surface area (Å²) in [6.45, 7) is 3.29. The summed E-state index contributed by atoms with van der Waals surface area (Å²) in [5.41, 5.74) is 1.21. The second-order valence-corrected chi connectivity index (χ2v) is 5.63. The van der Waals surface area contributed by atoms with E-state index < -0.39 is 11.7 Å². The van der Waals surface area contributed by atoms with Gasteiger partial charge in [-0.1, -0.05) is 24.3 Å². The number of hydrogen-bond acceptors (Lipinski definition) is 3. The molecule has 0 spiro atoms. The second-order valence-electron chi connectivity index (χ2n) is 5.63. The number of anilines is 1. The lowest BCUT2D eigenvalue weighted by Gasteiger charge is -2.10. The summed E-state index contributed by atoms with van der Waals surface area (Å²) in [5, 5.41) is 7.91. The first-order valence-corrected chi connectivity index (χ1v) is 7.48. The topological polar surface area (TPSA) is 64.0 Å². The standard InChI is InChI=1S/C18H16FN3O2/c1-11-7-8-15(19)16(9-11)20-17(23)10-22-18(24)14-6-4-3-5-13(14)12(2)21-22/h3-9H,10H2,1-2H3,(H,20,23). The number of rotatable bonds is 3. The zero-order chi connectivity index (χ0) is 17.3. The van der Waals surface area contributed by atoms with Gasteiger partial charge in [-0.15, -0.1) is 0 Å². The molecule has 0 radical (unpaired) electrons. The van der Waals surface area contributed by atoms with E-state index in [9.17, 15) is 14.0 Å². The maximum Gasteiger partial charge on any atom is 0.275 e. The smallest absolute Gasteiger partial charge is 0.275 e. The fraction of sp³-hybridized carbons (Fsp3) is 0.167. The molecule has 1 N–H and O–H groups in total. The Labute approximate surface area is 137 Å². The van der Waals surface area contributed by atoms with Crippen molar-refractivity contribution in [3.8, 4) is 0 Å². The van der Waals surface area contributed by atoms with Crippen LogP contribution in [-0.4, -0.2) is 15.7 Å². The van der Waals surface area contributed by atoms with E-state index in [0.717, 1.165) is 15.6 Å². The Morgan fingerprint density at radius 3 is 2.62 bits per heavy atom. The van der Waals surface area contributed by atoms with Crippen LogP contribution in [0.2, 0.25) is 0 Å². The third-order valence-electron chi connectivity index (χ3n) is 3.74. The summed E-state index contributed by atoms with van der Waals surface area (Å²) in [7, 11) is 0. The number of aromatic nitrogens is 2. The van der Waals surface area contributed by atoms with Gasteiger partial charge in [0.25, 0.3) is 5.56 Å². The summed E-state index contributed by atoms with van der Waals surface area (Å²) < 4.78 is 14.8. The maximum atomic E-state index is 13.7. The highest BCUT2D eigenvalue weighted by Crippen LogP contribution is 2.16. The number of nitrogens with zero attached hydrogens (tertiary/aromatic N) is 2. The number of benzene rings is 2. The van der Waals surface area contributed by atoms with Crippen molar-refractivity contribution in [3.63, 3.8) is 0 Å².